The lowest BCUT2D eigenvalue weighted by atomic mass is 10.1. The van der Waals surface area contributed by atoms with Crippen molar-refractivity contribution in [3.63, 3.8) is 0 Å². The van der Waals surface area contributed by atoms with Gasteiger partial charge in [-0.05, 0) is 24.6 Å². The molecule has 3 N–H and O–H groups in total. The van der Waals surface area contributed by atoms with Crippen molar-refractivity contribution in [3.05, 3.63) is 41.2 Å². The molecule has 2 rings (SSSR count). The molecular formula is C13H14N4S. The molecule has 18 heavy (non-hydrogen) atoms. The van der Waals surface area contributed by atoms with Crippen LogP contribution in [0.4, 0.5) is 0 Å². The lowest BCUT2D eigenvalue weighted by Gasteiger charge is -1.98. The van der Waals surface area contributed by atoms with Crippen molar-refractivity contribution in [2.45, 2.75) is 17.8 Å². The Bertz CT molecular complexity index is 563. The fraction of sp³-hybridized carbons (Fsp3) is 0.231. The van der Waals surface area contributed by atoms with Gasteiger partial charge in [0, 0.05) is 11.3 Å². The van der Waals surface area contributed by atoms with Gasteiger partial charge in [0.25, 0.3) is 0 Å². The van der Waals surface area contributed by atoms with Gasteiger partial charge in [-0.3, -0.25) is 5.10 Å². The van der Waals surface area contributed by atoms with Crippen molar-refractivity contribution >= 4 is 11.8 Å². The summed E-state index contributed by atoms with van der Waals surface area (Å²) in [4.78, 5) is 4.24. The first-order valence-corrected chi connectivity index (χ1v) is 6.56. The second kappa shape index (κ2) is 6.24. The Hall–Kier alpha value is -1.77. The molecule has 0 fully saturated rings. The van der Waals surface area contributed by atoms with Gasteiger partial charge in [-0.2, -0.15) is 0 Å². The number of hydrogen-bond acceptors (Lipinski definition) is 4. The van der Waals surface area contributed by atoms with Crippen molar-refractivity contribution in [1.29, 1.82) is 0 Å². The molecule has 1 heterocycles. The predicted octanol–water partition coefficient (Wildman–Crippen LogP) is 1.72. The summed E-state index contributed by atoms with van der Waals surface area (Å²) in [5.74, 6) is 7.52. The van der Waals surface area contributed by atoms with Crippen LogP contribution in [0.3, 0.4) is 0 Å². The van der Waals surface area contributed by atoms with Crippen molar-refractivity contribution in [1.82, 2.24) is 15.2 Å². The minimum Gasteiger partial charge on any atom is -0.320 e. The second-order valence-corrected chi connectivity index (χ2v) is 4.64. The third kappa shape index (κ3) is 3.62. The first kappa shape index (κ1) is 12.7. The third-order valence-corrected chi connectivity index (χ3v) is 3.15. The van der Waals surface area contributed by atoms with Crippen LogP contribution in [0, 0.1) is 18.8 Å². The average Bonchev–Trinajstić information content (AvgIpc) is 2.81. The largest absolute Gasteiger partial charge is 0.320 e. The number of thioether (sulfide) groups is 1. The van der Waals surface area contributed by atoms with Crippen LogP contribution in [0.25, 0.3) is 0 Å². The van der Waals surface area contributed by atoms with Crippen molar-refractivity contribution in [2.24, 2.45) is 5.73 Å². The highest BCUT2D eigenvalue weighted by atomic mass is 32.2. The summed E-state index contributed by atoms with van der Waals surface area (Å²) in [6.45, 7) is 2.28. The highest BCUT2D eigenvalue weighted by Gasteiger charge is 2.01. The van der Waals surface area contributed by atoms with Crippen LogP contribution < -0.4 is 5.73 Å². The number of aromatic amines is 1. The second-order valence-electron chi connectivity index (χ2n) is 3.69. The standard InChI is InChI=1S/C13H14N4S/c1-10-15-13(17-16-10)18-9-12-6-4-11(5-7-12)3-2-8-14/h4-7H,8-9,14H2,1H3,(H,15,16,17). The zero-order chi connectivity index (χ0) is 12.8. The number of H-pyrrole nitrogens is 1. The van der Waals surface area contributed by atoms with Gasteiger partial charge in [-0.1, -0.05) is 35.7 Å². The molecule has 1 aromatic heterocycles. The predicted molar refractivity (Wildman–Crippen MR) is 73.1 cm³/mol. The summed E-state index contributed by atoms with van der Waals surface area (Å²) in [6.07, 6.45) is 0. The molecule has 0 aliphatic carbocycles. The number of nitrogens with two attached hydrogens (primary N) is 1. The molecule has 0 unspecified atom stereocenters. The molecule has 5 heteroatoms. The van der Waals surface area contributed by atoms with E-state index in [9.17, 15) is 0 Å². The normalized spacial score (nSPS) is 9.89. The van der Waals surface area contributed by atoms with Gasteiger partial charge in [-0.25, -0.2) is 4.98 Å². The summed E-state index contributed by atoms with van der Waals surface area (Å²) in [5, 5.41) is 7.68. The first-order chi connectivity index (χ1) is 8.78. The average molecular weight is 258 g/mol. The van der Waals surface area contributed by atoms with E-state index in [-0.39, 0.29) is 0 Å². The molecule has 1 aromatic carbocycles. The van der Waals surface area contributed by atoms with Crippen LogP contribution in [0.5, 0.6) is 0 Å². The summed E-state index contributed by atoms with van der Waals surface area (Å²) in [6, 6.07) is 8.13. The molecule has 0 aliphatic heterocycles. The number of nitrogens with one attached hydrogen (secondary N) is 1. The number of hydrogen-bond donors (Lipinski definition) is 2. The lowest BCUT2D eigenvalue weighted by molar-refractivity contribution is 0.969. The summed E-state index contributed by atoms with van der Waals surface area (Å²) >= 11 is 1.61. The maximum Gasteiger partial charge on any atom is 0.208 e. The molecule has 0 amide bonds. The number of rotatable bonds is 3. The number of nitrogens with zero attached hydrogens (tertiary/aromatic N) is 2. The fourth-order valence-electron chi connectivity index (χ4n) is 1.37. The van der Waals surface area contributed by atoms with E-state index in [1.807, 2.05) is 19.1 Å². The molecule has 0 aliphatic rings. The molecule has 2 aromatic rings. The SMILES string of the molecule is Cc1nc(SCc2ccc(C#CCN)cc2)n[nH]1. The van der Waals surface area contributed by atoms with Gasteiger partial charge in [0.15, 0.2) is 0 Å². The number of aromatic nitrogens is 3. The minimum atomic E-state index is 0.391. The van der Waals surface area contributed by atoms with E-state index in [0.717, 1.165) is 22.3 Å². The maximum atomic E-state index is 5.33. The smallest absolute Gasteiger partial charge is 0.208 e. The highest BCUT2D eigenvalue weighted by Crippen LogP contribution is 2.18. The van der Waals surface area contributed by atoms with Crippen molar-refractivity contribution in [2.75, 3.05) is 6.54 Å². The highest BCUT2D eigenvalue weighted by molar-refractivity contribution is 7.98. The van der Waals surface area contributed by atoms with E-state index in [1.54, 1.807) is 11.8 Å². The van der Waals surface area contributed by atoms with Crippen LogP contribution >= 0.6 is 11.8 Å². The Morgan fingerprint density at radius 2 is 2.11 bits per heavy atom. The van der Waals surface area contributed by atoms with E-state index >= 15 is 0 Å². The topological polar surface area (TPSA) is 67.6 Å². The Labute approximate surface area is 110 Å². The van der Waals surface area contributed by atoms with E-state index in [0.29, 0.717) is 6.54 Å². The van der Waals surface area contributed by atoms with Gasteiger partial charge in [-0.15, -0.1) is 5.10 Å². The number of aryl methyl sites for hydroxylation is 1. The summed E-state index contributed by atoms with van der Waals surface area (Å²) < 4.78 is 0. The van der Waals surface area contributed by atoms with Crippen molar-refractivity contribution in [3.8, 4) is 11.8 Å². The van der Waals surface area contributed by atoms with Gasteiger partial charge in [0.1, 0.15) is 5.82 Å². The summed E-state index contributed by atoms with van der Waals surface area (Å²) in [5.41, 5.74) is 7.54. The zero-order valence-electron chi connectivity index (χ0n) is 10.1. The third-order valence-electron chi connectivity index (χ3n) is 2.23. The van der Waals surface area contributed by atoms with E-state index in [1.165, 1.54) is 5.56 Å². The first-order valence-electron chi connectivity index (χ1n) is 5.57. The van der Waals surface area contributed by atoms with E-state index in [4.69, 9.17) is 5.73 Å². The van der Waals surface area contributed by atoms with Crippen LogP contribution in [-0.4, -0.2) is 21.7 Å². The maximum absolute atomic E-state index is 5.33. The Balaban J connectivity index is 1.94. The molecular weight excluding hydrogens is 244 g/mol. The molecule has 0 saturated heterocycles. The monoisotopic (exact) mass is 258 g/mol. The van der Waals surface area contributed by atoms with Gasteiger partial charge < -0.3 is 5.73 Å². The molecule has 0 saturated carbocycles. The summed E-state index contributed by atoms with van der Waals surface area (Å²) in [7, 11) is 0. The Morgan fingerprint density at radius 1 is 1.33 bits per heavy atom. The van der Waals surface area contributed by atoms with E-state index in [2.05, 4.69) is 39.2 Å². The van der Waals surface area contributed by atoms with Gasteiger partial charge in [0.2, 0.25) is 5.16 Å². The van der Waals surface area contributed by atoms with Gasteiger partial charge in [0.05, 0.1) is 6.54 Å². The van der Waals surface area contributed by atoms with Crippen molar-refractivity contribution < 1.29 is 0 Å². The fourth-order valence-corrected chi connectivity index (χ4v) is 2.17. The molecule has 4 nitrogen and oxygen atoms in total. The minimum absolute atomic E-state index is 0.391. The zero-order valence-corrected chi connectivity index (χ0v) is 10.9. The molecule has 0 radical (unpaired) electrons. The Morgan fingerprint density at radius 3 is 2.72 bits per heavy atom. The van der Waals surface area contributed by atoms with E-state index < -0.39 is 0 Å². The van der Waals surface area contributed by atoms with Crippen LogP contribution in [0.15, 0.2) is 29.4 Å². The number of benzene rings is 1. The molecule has 92 valence electrons. The molecule has 0 atom stereocenters. The van der Waals surface area contributed by atoms with Crippen LogP contribution in [0.2, 0.25) is 0 Å². The Kier molecular flexibility index (Phi) is 4.40. The molecule has 0 bridgehead atoms. The van der Waals surface area contributed by atoms with Crippen LogP contribution in [-0.2, 0) is 5.75 Å². The quantitative estimate of drug-likeness (QED) is 0.649. The van der Waals surface area contributed by atoms with Crippen LogP contribution in [0.1, 0.15) is 17.0 Å². The van der Waals surface area contributed by atoms with Gasteiger partial charge >= 0.3 is 0 Å². The molecule has 0 spiro atoms. The lowest BCUT2D eigenvalue weighted by Crippen LogP contribution is -1.93.